The molecule has 0 spiro atoms. The van der Waals surface area contributed by atoms with Crippen molar-refractivity contribution < 1.29 is 37.6 Å². The number of phosphoric acid groups is 1. The second-order valence-electron chi connectivity index (χ2n) is 21.2. The number of esters is 2. The fraction of sp³-hybridized carbons (Fsp3) is 0.761. The van der Waals surface area contributed by atoms with E-state index in [4.69, 9.17) is 24.3 Å². The predicted octanol–water partition coefficient (Wildman–Crippen LogP) is 20.6. The van der Waals surface area contributed by atoms with E-state index in [1.807, 2.05) is 0 Å². The van der Waals surface area contributed by atoms with Crippen LogP contribution in [0.4, 0.5) is 0 Å². The molecule has 446 valence electrons. The number of carbonyl (C=O) groups excluding carboxylic acids is 2. The first-order chi connectivity index (χ1) is 37.8. The third-order valence-electron chi connectivity index (χ3n) is 13.8. The van der Waals surface area contributed by atoms with Crippen LogP contribution in [0.15, 0.2) is 85.1 Å². The van der Waals surface area contributed by atoms with Gasteiger partial charge in [0.15, 0.2) is 6.10 Å². The Morgan fingerprint density at radius 3 is 1.08 bits per heavy atom. The van der Waals surface area contributed by atoms with Gasteiger partial charge in [0.2, 0.25) is 0 Å². The quantitative estimate of drug-likeness (QED) is 0.0264. The van der Waals surface area contributed by atoms with E-state index in [0.29, 0.717) is 6.42 Å². The SMILES string of the molecule is CC/C=C\C/C=C\C/C=C\C/C=C\C/C=C\C/C=C\CCCCCCCCCCCCCCCCCCCCCCC(=O)OC(COC(=O)CCCCCCCCC/C=C\CCCCCCCC)COP(=O)(O)OCCN. The van der Waals surface area contributed by atoms with E-state index in [2.05, 4.69) is 98.9 Å². The third-order valence-corrected chi connectivity index (χ3v) is 14.7. The normalized spacial score (nSPS) is 13.6. The number of nitrogens with two attached hydrogens (primary N) is 1. The molecule has 0 rings (SSSR count). The zero-order valence-corrected chi connectivity index (χ0v) is 50.8. The molecular formula is C67H120NO8P. The van der Waals surface area contributed by atoms with Crippen LogP contribution < -0.4 is 5.73 Å². The number of carbonyl (C=O) groups is 2. The molecule has 0 aliphatic heterocycles. The molecule has 0 saturated carbocycles. The molecule has 0 aromatic carbocycles. The summed E-state index contributed by atoms with van der Waals surface area (Å²) >= 11 is 0. The monoisotopic (exact) mass is 1100 g/mol. The molecule has 0 heterocycles. The minimum absolute atomic E-state index is 0.0523. The van der Waals surface area contributed by atoms with Crippen LogP contribution in [0.2, 0.25) is 0 Å². The smallest absolute Gasteiger partial charge is 0.462 e. The van der Waals surface area contributed by atoms with Gasteiger partial charge in [-0.2, -0.15) is 0 Å². The summed E-state index contributed by atoms with van der Waals surface area (Å²) in [4.78, 5) is 35.2. The van der Waals surface area contributed by atoms with Crippen LogP contribution in [-0.4, -0.2) is 49.3 Å². The average Bonchev–Trinajstić information content (AvgIpc) is 3.42. The molecule has 10 heteroatoms. The molecule has 0 radical (unpaired) electrons. The first-order valence-corrected chi connectivity index (χ1v) is 33.6. The second-order valence-corrected chi connectivity index (χ2v) is 22.7. The molecule has 0 aliphatic carbocycles. The first kappa shape index (κ1) is 74.2. The molecule has 0 saturated heterocycles. The molecule has 9 nitrogen and oxygen atoms in total. The van der Waals surface area contributed by atoms with Crippen molar-refractivity contribution in [2.45, 2.75) is 302 Å². The highest BCUT2D eigenvalue weighted by Gasteiger charge is 2.26. The van der Waals surface area contributed by atoms with Gasteiger partial charge < -0.3 is 20.1 Å². The predicted molar refractivity (Wildman–Crippen MR) is 330 cm³/mol. The highest BCUT2D eigenvalue weighted by molar-refractivity contribution is 7.47. The Balaban J connectivity index is 3.83. The third kappa shape index (κ3) is 62.3. The molecular weight excluding hydrogens is 978 g/mol. The van der Waals surface area contributed by atoms with Crippen LogP contribution in [-0.2, 0) is 32.7 Å². The van der Waals surface area contributed by atoms with Crippen LogP contribution in [0.5, 0.6) is 0 Å². The van der Waals surface area contributed by atoms with Crippen LogP contribution in [0.1, 0.15) is 296 Å². The Hall–Kier alpha value is -2.81. The maximum absolute atomic E-state index is 12.7. The summed E-state index contributed by atoms with van der Waals surface area (Å²) in [5.41, 5.74) is 5.39. The van der Waals surface area contributed by atoms with E-state index in [1.54, 1.807) is 0 Å². The molecule has 0 bridgehead atoms. The Morgan fingerprint density at radius 2 is 0.714 bits per heavy atom. The first-order valence-electron chi connectivity index (χ1n) is 32.1. The highest BCUT2D eigenvalue weighted by atomic mass is 31.2. The molecule has 3 N–H and O–H groups in total. The van der Waals surface area contributed by atoms with Gasteiger partial charge in [0.05, 0.1) is 13.2 Å². The van der Waals surface area contributed by atoms with Gasteiger partial charge in [0, 0.05) is 19.4 Å². The lowest BCUT2D eigenvalue weighted by Gasteiger charge is -2.19. The zero-order valence-electron chi connectivity index (χ0n) is 49.9. The maximum atomic E-state index is 12.7. The van der Waals surface area contributed by atoms with Crippen molar-refractivity contribution in [1.29, 1.82) is 0 Å². The van der Waals surface area contributed by atoms with Crippen molar-refractivity contribution >= 4 is 19.8 Å². The fourth-order valence-corrected chi connectivity index (χ4v) is 9.81. The molecule has 2 unspecified atom stereocenters. The number of ether oxygens (including phenoxy) is 2. The van der Waals surface area contributed by atoms with Crippen molar-refractivity contribution in [1.82, 2.24) is 0 Å². The minimum Gasteiger partial charge on any atom is -0.462 e. The van der Waals surface area contributed by atoms with Gasteiger partial charge in [-0.3, -0.25) is 18.6 Å². The minimum atomic E-state index is -4.39. The van der Waals surface area contributed by atoms with E-state index in [-0.39, 0.29) is 38.6 Å². The Kier molecular flexibility index (Phi) is 60.1. The van der Waals surface area contributed by atoms with Gasteiger partial charge in [-0.05, 0) is 89.9 Å². The van der Waals surface area contributed by atoms with Gasteiger partial charge in [-0.25, -0.2) is 4.57 Å². The summed E-state index contributed by atoms with van der Waals surface area (Å²) in [6.07, 6.45) is 82.4. The van der Waals surface area contributed by atoms with Crippen molar-refractivity contribution in [3.63, 3.8) is 0 Å². The zero-order chi connectivity index (χ0) is 55.9. The Morgan fingerprint density at radius 1 is 0.403 bits per heavy atom. The lowest BCUT2D eigenvalue weighted by atomic mass is 10.0. The topological polar surface area (TPSA) is 134 Å². The van der Waals surface area contributed by atoms with Crippen LogP contribution in [0.25, 0.3) is 0 Å². The maximum Gasteiger partial charge on any atom is 0.472 e. The van der Waals surface area contributed by atoms with Crippen molar-refractivity contribution in [3.8, 4) is 0 Å². The highest BCUT2D eigenvalue weighted by Crippen LogP contribution is 2.43. The van der Waals surface area contributed by atoms with Crippen LogP contribution in [0.3, 0.4) is 0 Å². The van der Waals surface area contributed by atoms with E-state index in [1.165, 1.54) is 173 Å². The average molecular weight is 1100 g/mol. The van der Waals surface area contributed by atoms with E-state index in [9.17, 15) is 19.0 Å². The molecule has 77 heavy (non-hydrogen) atoms. The summed E-state index contributed by atoms with van der Waals surface area (Å²) in [5, 5.41) is 0. The van der Waals surface area contributed by atoms with E-state index >= 15 is 0 Å². The number of hydrogen-bond donors (Lipinski definition) is 2. The van der Waals surface area contributed by atoms with Gasteiger partial charge in [-0.15, -0.1) is 0 Å². The summed E-state index contributed by atoms with van der Waals surface area (Å²) in [6.45, 7) is 3.65. The number of unbranched alkanes of at least 4 members (excludes halogenated alkanes) is 33. The number of phosphoric ester groups is 1. The number of hydrogen-bond acceptors (Lipinski definition) is 8. The summed E-state index contributed by atoms with van der Waals surface area (Å²) in [5.74, 6) is -0.823. The molecule has 0 amide bonds. The summed E-state index contributed by atoms with van der Waals surface area (Å²) < 4.78 is 33.1. The standard InChI is InChI=1S/C67H120NO8P/c1-3-5-7-9-11-13-15-17-19-21-22-23-24-25-26-27-28-29-30-31-32-33-34-35-36-37-38-39-40-41-42-44-46-48-50-52-54-56-58-60-67(70)76-65(64-75-77(71,72)74-62-61-68)63-73-66(69)59-57-55-53-51-49-47-45-43-20-18-16-14-12-10-8-6-4-2/h5,7,11,13,17-20,22-23,25-26,28-29,65H,3-4,6,8-10,12,14-16,21,24,27,30-64,68H2,1-2H3,(H,71,72)/b7-5-,13-11-,19-17-,20-18-,23-22-,26-25-,29-28-. The molecule has 0 fully saturated rings. The summed E-state index contributed by atoms with van der Waals surface area (Å²) in [6, 6.07) is 0. The second kappa shape index (κ2) is 62.4. The Bertz CT molecular complexity index is 1530. The lowest BCUT2D eigenvalue weighted by Crippen LogP contribution is -2.29. The van der Waals surface area contributed by atoms with E-state index in [0.717, 1.165) is 89.9 Å². The lowest BCUT2D eigenvalue weighted by molar-refractivity contribution is -0.161. The molecule has 0 aromatic rings. The molecule has 0 aliphatic rings. The van der Waals surface area contributed by atoms with Gasteiger partial charge in [0.1, 0.15) is 6.61 Å². The Labute approximate surface area is 474 Å². The molecule has 0 aromatic heterocycles. The van der Waals surface area contributed by atoms with Crippen molar-refractivity contribution in [2.24, 2.45) is 5.73 Å². The van der Waals surface area contributed by atoms with Gasteiger partial charge >= 0.3 is 19.8 Å². The summed E-state index contributed by atoms with van der Waals surface area (Å²) in [7, 11) is -4.39. The fourth-order valence-electron chi connectivity index (χ4n) is 9.05. The van der Waals surface area contributed by atoms with Crippen LogP contribution in [0, 0.1) is 0 Å². The van der Waals surface area contributed by atoms with Gasteiger partial charge in [0.25, 0.3) is 0 Å². The van der Waals surface area contributed by atoms with Crippen molar-refractivity contribution in [2.75, 3.05) is 26.4 Å². The molecule has 2 atom stereocenters. The van der Waals surface area contributed by atoms with E-state index < -0.39 is 26.5 Å². The van der Waals surface area contributed by atoms with Gasteiger partial charge in [-0.1, -0.05) is 279 Å². The largest absolute Gasteiger partial charge is 0.472 e. The van der Waals surface area contributed by atoms with Crippen LogP contribution >= 0.6 is 7.82 Å². The number of allylic oxidation sites excluding steroid dienone is 14. The van der Waals surface area contributed by atoms with Crippen molar-refractivity contribution in [3.05, 3.63) is 85.1 Å². The number of rotatable bonds is 60.